The normalized spacial score (nSPS) is 16.1. The summed E-state index contributed by atoms with van der Waals surface area (Å²) in [5.41, 5.74) is 3.65. The summed E-state index contributed by atoms with van der Waals surface area (Å²) < 4.78 is 11.1. The zero-order valence-electron chi connectivity index (χ0n) is 20.0. The molecule has 0 atom stereocenters. The first-order chi connectivity index (χ1) is 16.9. The third-order valence-electron chi connectivity index (χ3n) is 6.93. The van der Waals surface area contributed by atoms with Crippen LogP contribution < -0.4 is 5.32 Å². The Balaban J connectivity index is 1.42. The largest absolute Gasteiger partial charge is 0.480 e. The van der Waals surface area contributed by atoms with Gasteiger partial charge < -0.3 is 24.8 Å². The van der Waals surface area contributed by atoms with Gasteiger partial charge >= 0.3 is 12.1 Å². The van der Waals surface area contributed by atoms with E-state index in [1.165, 1.54) is 4.90 Å². The van der Waals surface area contributed by atoms with Crippen molar-refractivity contribution in [3.8, 4) is 11.1 Å². The maximum atomic E-state index is 13.4. The number of hydrogen-bond acceptors (Lipinski definition) is 5. The predicted octanol–water partition coefficient (Wildman–Crippen LogP) is 3.65. The van der Waals surface area contributed by atoms with Gasteiger partial charge in [0.2, 0.25) is 5.91 Å². The first-order valence-electron chi connectivity index (χ1n) is 12.1. The van der Waals surface area contributed by atoms with E-state index in [0.717, 1.165) is 22.3 Å². The number of carbonyl (C=O) groups excluding carboxylic acids is 2. The van der Waals surface area contributed by atoms with E-state index in [4.69, 9.17) is 9.47 Å². The minimum absolute atomic E-state index is 0.0533. The Morgan fingerprint density at radius 1 is 1.06 bits per heavy atom. The summed E-state index contributed by atoms with van der Waals surface area (Å²) >= 11 is 0. The third-order valence-corrected chi connectivity index (χ3v) is 6.93. The van der Waals surface area contributed by atoms with Crippen molar-refractivity contribution in [1.29, 1.82) is 0 Å². The second-order valence-electron chi connectivity index (χ2n) is 9.19. The third kappa shape index (κ3) is 5.32. The fourth-order valence-electron chi connectivity index (χ4n) is 5.14. The molecule has 2 aromatic carbocycles. The average molecular weight is 481 g/mol. The number of alkyl carbamates (subject to hydrolysis) is 1. The summed E-state index contributed by atoms with van der Waals surface area (Å²) in [6, 6.07) is 16.2. The topological polar surface area (TPSA) is 105 Å². The molecule has 1 aliphatic carbocycles. The van der Waals surface area contributed by atoms with Crippen LogP contribution in [-0.4, -0.2) is 67.4 Å². The first kappa shape index (κ1) is 24.7. The van der Waals surface area contributed by atoms with Crippen LogP contribution in [0.5, 0.6) is 0 Å². The van der Waals surface area contributed by atoms with Crippen LogP contribution >= 0.6 is 0 Å². The number of ether oxygens (including phenoxy) is 2. The summed E-state index contributed by atoms with van der Waals surface area (Å²) in [6.07, 6.45) is 0.876. The Kier molecular flexibility index (Phi) is 7.70. The van der Waals surface area contributed by atoms with Gasteiger partial charge in [-0.15, -0.1) is 0 Å². The van der Waals surface area contributed by atoms with Crippen molar-refractivity contribution < 1.29 is 29.0 Å². The number of aliphatic carboxylic acids is 1. The minimum Gasteiger partial charge on any atom is -0.480 e. The monoisotopic (exact) mass is 480 g/mol. The molecule has 35 heavy (non-hydrogen) atoms. The lowest BCUT2D eigenvalue weighted by Gasteiger charge is -2.39. The lowest BCUT2D eigenvalue weighted by molar-refractivity contribution is -0.153. The van der Waals surface area contributed by atoms with Crippen molar-refractivity contribution in [3.05, 3.63) is 59.7 Å². The van der Waals surface area contributed by atoms with Crippen molar-refractivity contribution in [3.63, 3.8) is 0 Å². The average Bonchev–Trinajstić information content (AvgIpc) is 3.19. The Bertz CT molecular complexity index is 1030. The van der Waals surface area contributed by atoms with E-state index in [1.54, 1.807) is 0 Å². The molecular formula is C27H32N2O6. The highest BCUT2D eigenvalue weighted by molar-refractivity contribution is 5.87. The van der Waals surface area contributed by atoms with Gasteiger partial charge in [0, 0.05) is 32.2 Å². The number of carboxylic acids is 1. The summed E-state index contributed by atoms with van der Waals surface area (Å²) in [6.45, 7) is 2.90. The second kappa shape index (κ2) is 10.9. The molecular weight excluding hydrogens is 448 g/mol. The molecule has 8 heteroatoms. The Hall–Kier alpha value is -3.39. The van der Waals surface area contributed by atoms with E-state index in [0.29, 0.717) is 39.0 Å². The van der Waals surface area contributed by atoms with Crippen LogP contribution in [0.15, 0.2) is 48.5 Å². The van der Waals surface area contributed by atoms with Gasteiger partial charge in [0.15, 0.2) is 0 Å². The first-order valence-corrected chi connectivity index (χ1v) is 12.1. The zero-order chi connectivity index (χ0) is 24.8. The molecule has 0 unspecified atom stereocenters. The molecule has 4 rings (SSSR count). The van der Waals surface area contributed by atoms with Gasteiger partial charge in [-0.1, -0.05) is 55.5 Å². The van der Waals surface area contributed by atoms with E-state index in [-0.39, 0.29) is 31.5 Å². The van der Waals surface area contributed by atoms with E-state index in [2.05, 4.69) is 29.6 Å². The second-order valence-corrected chi connectivity index (χ2v) is 9.19. The number of nitrogens with zero attached hydrogens (tertiary/aromatic N) is 1. The number of nitrogens with one attached hydrogen (secondary N) is 1. The molecule has 1 fully saturated rings. The number of amides is 2. The molecule has 8 nitrogen and oxygen atoms in total. The molecule has 2 N–H and O–H groups in total. The lowest BCUT2D eigenvalue weighted by atomic mass is 9.78. The molecule has 1 aliphatic heterocycles. The summed E-state index contributed by atoms with van der Waals surface area (Å²) in [4.78, 5) is 38.8. The number of carboxylic acid groups (broad SMARTS) is 1. The molecule has 0 saturated carbocycles. The molecule has 186 valence electrons. The van der Waals surface area contributed by atoms with Crippen LogP contribution in [0.25, 0.3) is 11.1 Å². The molecule has 1 heterocycles. The van der Waals surface area contributed by atoms with Crippen molar-refractivity contribution in [2.24, 2.45) is 5.41 Å². The Labute approximate surface area is 205 Å². The van der Waals surface area contributed by atoms with Gasteiger partial charge in [-0.3, -0.25) is 9.59 Å². The molecule has 1 saturated heterocycles. The fourth-order valence-corrected chi connectivity index (χ4v) is 5.14. The smallest absolute Gasteiger partial charge is 0.407 e. The summed E-state index contributed by atoms with van der Waals surface area (Å²) in [5.74, 6) is -1.37. The van der Waals surface area contributed by atoms with Crippen molar-refractivity contribution in [1.82, 2.24) is 10.2 Å². The van der Waals surface area contributed by atoms with Crippen LogP contribution in [-0.2, 0) is 19.1 Å². The van der Waals surface area contributed by atoms with Crippen LogP contribution in [0.3, 0.4) is 0 Å². The highest BCUT2D eigenvalue weighted by Crippen LogP contribution is 2.44. The van der Waals surface area contributed by atoms with Gasteiger partial charge in [0.05, 0.1) is 5.41 Å². The maximum Gasteiger partial charge on any atom is 0.407 e. The van der Waals surface area contributed by atoms with Crippen LogP contribution in [0.1, 0.15) is 43.2 Å². The summed E-state index contributed by atoms with van der Waals surface area (Å²) in [7, 11) is 0. The predicted molar refractivity (Wildman–Crippen MR) is 130 cm³/mol. The van der Waals surface area contributed by atoms with Crippen LogP contribution in [0.4, 0.5) is 4.79 Å². The number of carbonyl (C=O) groups is 3. The summed E-state index contributed by atoms with van der Waals surface area (Å²) in [5, 5.41) is 12.0. The lowest BCUT2D eigenvalue weighted by Crippen LogP contribution is -2.53. The van der Waals surface area contributed by atoms with E-state index >= 15 is 0 Å². The van der Waals surface area contributed by atoms with Gasteiger partial charge in [-0.05, 0) is 41.5 Å². The van der Waals surface area contributed by atoms with E-state index in [1.807, 2.05) is 31.2 Å². The maximum absolute atomic E-state index is 13.4. The number of rotatable bonds is 9. The van der Waals surface area contributed by atoms with Crippen molar-refractivity contribution in [2.45, 2.75) is 32.1 Å². The molecule has 2 aliphatic rings. The molecule has 0 bridgehead atoms. The highest BCUT2D eigenvalue weighted by Gasteiger charge is 2.43. The van der Waals surface area contributed by atoms with Crippen molar-refractivity contribution >= 4 is 18.0 Å². The molecule has 0 radical (unpaired) electrons. The van der Waals surface area contributed by atoms with E-state index < -0.39 is 17.5 Å². The van der Waals surface area contributed by atoms with Gasteiger partial charge in [0.25, 0.3) is 0 Å². The Morgan fingerprint density at radius 2 is 1.66 bits per heavy atom. The number of fused-ring (bicyclic) bond motifs is 3. The highest BCUT2D eigenvalue weighted by atomic mass is 16.5. The molecule has 0 spiro atoms. The standard InChI is InChI=1S/C27H32N2O6/c1-2-13-29(16-24(30)31)25(32)27(11-14-34-15-12-27)18-28-26(33)35-17-23-21-9-5-3-7-19(21)20-8-4-6-10-22(20)23/h3-10,23H,2,11-18H2,1H3,(H,28,33)(H,30,31). The van der Waals surface area contributed by atoms with Gasteiger partial charge in [-0.25, -0.2) is 4.79 Å². The van der Waals surface area contributed by atoms with Gasteiger partial charge in [-0.2, -0.15) is 0 Å². The number of benzene rings is 2. The number of hydrogen-bond donors (Lipinski definition) is 2. The fraction of sp³-hybridized carbons (Fsp3) is 0.444. The SMILES string of the molecule is CCCN(CC(=O)O)C(=O)C1(CNC(=O)OCC2c3ccccc3-c3ccccc32)CCOCC1. The quantitative estimate of drug-likeness (QED) is 0.568. The minimum atomic E-state index is -1.06. The van der Waals surface area contributed by atoms with Gasteiger partial charge in [0.1, 0.15) is 13.2 Å². The van der Waals surface area contributed by atoms with Crippen molar-refractivity contribution in [2.75, 3.05) is 39.5 Å². The zero-order valence-corrected chi connectivity index (χ0v) is 20.0. The van der Waals surface area contributed by atoms with Crippen LogP contribution in [0, 0.1) is 5.41 Å². The molecule has 2 aromatic rings. The van der Waals surface area contributed by atoms with E-state index in [9.17, 15) is 19.5 Å². The van der Waals surface area contributed by atoms with Crippen LogP contribution in [0.2, 0.25) is 0 Å². The Morgan fingerprint density at radius 3 is 2.23 bits per heavy atom. The molecule has 2 amide bonds. The molecule has 0 aromatic heterocycles.